The van der Waals surface area contributed by atoms with Crippen LogP contribution in [0.2, 0.25) is 15.1 Å². The van der Waals surface area contributed by atoms with Gasteiger partial charge >= 0.3 is 0 Å². The highest BCUT2D eigenvalue weighted by Crippen LogP contribution is 2.39. The second-order valence-corrected chi connectivity index (χ2v) is 9.01. The molecular weight excluding hydrogens is 429 g/mol. The lowest BCUT2D eigenvalue weighted by Crippen LogP contribution is -2.38. The van der Waals surface area contributed by atoms with Gasteiger partial charge in [-0.2, -0.15) is 10.2 Å². The van der Waals surface area contributed by atoms with E-state index in [0.717, 1.165) is 36.8 Å². The zero-order valence-electron chi connectivity index (χ0n) is 15.8. The Balaban J connectivity index is 1.57. The van der Waals surface area contributed by atoms with E-state index in [1.54, 1.807) is 12.1 Å². The first-order valence-electron chi connectivity index (χ1n) is 9.92. The number of carbonyl (C=O) groups excluding carboxylic acids is 1. The van der Waals surface area contributed by atoms with E-state index in [1.807, 2.05) is 30.3 Å². The van der Waals surface area contributed by atoms with Crippen LogP contribution in [0.1, 0.15) is 55.3 Å². The summed E-state index contributed by atoms with van der Waals surface area (Å²) in [6.07, 6.45) is 4.77. The fourth-order valence-corrected chi connectivity index (χ4v) is 4.83. The van der Waals surface area contributed by atoms with Gasteiger partial charge in [-0.05, 0) is 48.2 Å². The molecule has 1 saturated carbocycles. The molecule has 0 spiro atoms. The maximum atomic E-state index is 12.9. The molecule has 2 aliphatic rings. The average molecular weight is 451 g/mol. The number of azo groups is 1. The zero-order chi connectivity index (χ0) is 20.4. The van der Waals surface area contributed by atoms with Crippen molar-refractivity contribution >= 4 is 40.7 Å². The van der Waals surface area contributed by atoms with Crippen molar-refractivity contribution in [3.63, 3.8) is 0 Å². The first kappa shape index (κ1) is 20.6. The molecule has 1 fully saturated rings. The van der Waals surface area contributed by atoms with Gasteiger partial charge in [-0.25, -0.2) is 0 Å². The fourth-order valence-electron chi connectivity index (χ4n) is 4.17. The maximum Gasteiger partial charge on any atom is 0.223 e. The Morgan fingerprint density at radius 2 is 1.66 bits per heavy atom. The van der Waals surface area contributed by atoms with Gasteiger partial charge in [-0.15, -0.1) is 0 Å². The molecule has 152 valence electrons. The van der Waals surface area contributed by atoms with Gasteiger partial charge in [0.1, 0.15) is 0 Å². The molecule has 0 aromatic heterocycles. The maximum absolute atomic E-state index is 12.9. The molecule has 2 aromatic carbocycles. The minimum atomic E-state index is -0.339. The number of rotatable bonds is 5. The fraction of sp³-hybridized carbons (Fsp3) is 0.409. The van der Waals surface area contributed by atoms with Crippen LogP contribution in [0.25, 0.3) is 0 Å². The van der Waals surface area contributed by atoms with Gasteiger partial charge < -0.3 is 5.32 Å². The van der Waals surface area contributed by atoms with Crippen LogP contribution in [0.15, 0.2) is 52.7 Å². The zero-order valence-corrected chi connectivity index (χ0v) is 18.1. The van der Waals surface area contributed by atoms with E-state index < -0.39 is 0 Å². The van der Waals surface area contributed by atoms with Crippen LogP contribution < -0.4 is 5.32 Å². The molecule has 2 aromatic rings. The topological polar surface area (TPSA) is 53.8 Å². The van der Waals surface area contributed by atoms with Gasteiger partial charge in [-0.1, -0.05) is 65.8 Å². The van der Waals surface area contributed by atoms with Gasteiger partial charge in [0.25, 0.3) is 0 Å². The van der Waals surface area contributed by atoms with Crippen molar-refractivity contribution in [2.45, 2.75) is 50.2 Å². The quantitative estimate of drug-likeness (QED) is 0.526. The van der Waals surface area contributed by atoms with Gasteiger partial charge in [0, 0.05) is 27.4 Å². The van der Waals surface area contributed by atoms with Crippen LogP contribution in [0.4, 0.5) is 0 Å². The molecule has 7 heteroatoms. The predicted molar refractivity (Wildman–Crippen MR) is 117 cm³/mol. The van der Waals surface area contributed by atoms with Crippen molar-refractivity contribution in [1.29, 1.82) is 0 Å². The number of benzene rings is 2. The molecule has 1 N–H and O–H groups in total. The number of amides is 1. The Labute approximate surface area is 185 Å². The SMILES string of the molecule is O=C(NC(c1ccc(Cl)cc1Cl)C1CC(c2ccc(Cl)cc2)N=N1)C1CCCC1. The predicted octanol–water partition coefficient (Wildman–Crippen LogP) is 6.96. The van der Waals surface area contributed by atoms with E-state index >= 15 is 0 Å². The Morgan fingerprint density at radius 1 is 0.966 bits per heavy atom. The van der Waals surface area contributed by atoms with E-state index in [4.69, 9.17) is 34.8 Å². The minimum Gasteiger partial charge on any atom is -0.347 e. The molecule has 4 nitrogen and oxygen atoms in total. The van der Waals surface area contributed by atoms with Crippen molar-refractivity contribution in [2.24, 2.45) is 16.1 Å². The number of carbonyl (C=O) groups is 1. The monoisotopic (exact) mass is 449 g/mol. The molecule has 1 aliphatic heterocycles. The lowest BCUT2D eigenvalue weighted by Gasteiger charge is -2.25. The summed E-state index contributed by atoms with van der Waals surface area (Å²) in [5.74, 6) is 0.137. The van der Waals surface area contributed by atoms with Crippen molar-refractivity contribution in [3.05, 3.63) is 68.7 Å². The summed E-state index contributed by atoms with van der Waals surface area (Å²) in [5, 5.41) is 14.0. The summed E-state index contributed by atoms with van der Waals surface area (Å²) in [6.45, 7) is 0. The Morgan fingerprint density at radius 3 is 2.34 bits per heavy atom. The number of halogens is 3. The number of hydrogen-bond donors (Lipinski definition) is 1. The van der Waals surface area contributed by atoms with Crippen LogP contribution in [0, 0.1) is 5.92 Å². The molecule has 1 heterocycles. The van der Waals surface area contributed by atoms with E-state index in [-0.39, 0.29) is 30.0 Å². The Kier molecular flexibility index (Phi) is 6.43. The van der Waals surface area contributed by atoms with E-state index in [0.29, 0.717) is 21.5 Å². The molecule has 0 radical (unpaired) electrons. The average Bonchev–Trinajstić information content (AvgIpc) is 3.39. The second kappa shape index (κ2) is 9.03. The smallest absolute Gasteiger partial charge is 0.223 e. The van der Waals surface area contributed by atoms with E-state index in [9.17, 15) is 4.79 Å². The molecule has 0 saturated heterocycles. The van der Waals surface area contributed by atoms with Crippen LogP contribution in [-0.4, -0.2) is 11.9 Å². The molecule has 0 bridgehead atoms. The summed E-state index contributed by atoms with van der Waals surface area (Å²) in [5.41, 5.74) is 1.88. The first-order chi connectivity index (χ1) is 14.0. The largest absolute Gasteiger partial charge is 0.347 e. The lowest BCUT2D eigenvalue weighted by atomic mass is 9.92. The third-order valence-electron chi connectivity index (χ3n) is 5.78. The molecule has 4 rings (SSSR count). The third kappa shape index (κ3) is 4.76. The highest BCUT2D eigenvalue weighted by atomic mass is 35.5. The minimum absolute atomic E-state index is 0.0609. The van der Waals surface area contributed by atoms with E-state index in [1.165, 1.54) is 0 Å². The van der Waals surface area contributed by atoms with Gasteiger partial charge in [-0.3, -0.25) is 4.79 Å². The molecule has 1 aliphatic carbocycles. The molecule has 3 atom stereocenters. The van der Waals surface area contributed by atoms with Gasteiger partial charge in [0.15, 0.2) is 0 Å². The lowest BCUT2D eigenvalue weighted by molar-refractivity contribution is -0.125. The summed E-state index contributed by atoms with van der Waals surface area (Å²) in [6, 6.07) is 12.4. The van der Waals surface area contributed by atoms with Gasteiger partial charge in [0.05, 0.1) is 18.1 Å². The van der Waals surface area contributed by atoms with Crippen LogP contribution >= 0.6 is 34.8 Å². The standard InChI is InChI=1S/C22H22Cl3N3O/c23-15-7-5-13(6-8-15)19-12-20(28-27-19)21(17-10-9-16(24)11-18(17)25)26-22(29)14-3-1-2-4-14/h5-11,14,19-21H,1-4,12H2,(H,26,29). The van der Waals surface area contributed by atoms with Gasteiger partial charge in [0.2, 0.25) is 5.91 Å². The van der Waals surface area contributed by atoms with Crippen LogP contribution in [0.3, 0.4) is 0 Å². The van der Waals surface area contributed by atoms with Crippen LogP contribution in [-0.2, 0) is 4.79 Å². The Bertz CT molecular complexity index is 910. The van der Waals surface area contributed by atoms with Crippen molar-refractivity contribution in [2.75, 3.05) is 0 Å². The number of nitrogens with one attached hydrogen (secondary N) is 1. The highest BCUT2D eigenvalue weighted by molar-refractivity contribution is 6.35. The Hall–Kier alpha value is -1.62. The summed E-state index contributed by atoms with van der Waals surface area (Å²) >= 11 is 18.6. The third-order valence-corrected chi connectivity index (χ3v) is 6.59. The molecule has 3 unspecified atom stereocenters. The van der Waals surface area contributed by atoms with Crippen molar-refractivity contribution in [3.8, 4) is 0 Å². The van der Waals surface area contributed by atoms with Crippen molar-refractivity contribution < 1.29 is 4.79 Å². The van der Waals surface area contributed by atoms with Crippen molar-refractivity contribution in [1.82, 2.24) is 5.32 Å². The first-order valence-corrected chi connectivity index (χ1v) is 11.1. The summed E-state index contributed by atoms with van der Waals surface area (Å²) < 4.78 is 0. The second-order valence-electron chi connectivity index (χ2n) is 7.73. The highest BCUT2D eigenvalue weighted by Gasteiger charge is 2.35. The molecule has 29 heavy (non-hydrogen) atoms. The summed E-state index contributed by atoms with van der Waals surface area (Å²) in [4.78, 5) is 12.9. The molecule has 1 amide bonds. The normalized spacial score (nSPS) is 22.7. The van der Waals surface area contributed by atoms with Crippen LogP contribution in [0.5, 0.6) is 0 Å². The molecular formula is C22H22Cl3N3O. The summed E-state index contributed by atoms with van der Waals surface area (Å²) in [7, 11) is 0. The number of hydrogen-bond acceptors (Lipinski definition) is 3. The number of nitrogens with zero attached hydrogens (tertiary/aromatic N) is 2. The van der Waals surface area contributed by atoms with E-state index in [2.05, 4.69) is 15.5 Å².